The maximum absolute atomic E-state index is 13.2. The van der Waals surface area contributed by atoms with E-state index in [4.69, 9.17) is 0 Å². The van der Waals surface area contributed by atoms with E-state index in [1.54, 1.807) is 18.2 Å². The Labute approximate surface area is 192 Å². The minimum atomic E-state index is -3.83. The number of carbonyl (C=O) groups excluding carboxylic acids is 1. The third-order valence-electron chi connectivity index (χ3n) is 4.52. The van der Waals surface area contributed by atoms with Gasteiger partial charge < -0.3 is 5.32 Å². The zero-order chi connectivity index (χ0) is 24.2. The normalized spacial score (nSPS) is 11.6. The molecule has 0 unspecified atom stereocenters. The van der Waals surface area contributed by atoms with Crippen LogP contribution in [0.15, 0.2) is 77.7 Å². The summed E-state index contributed by atoms with van der Waals surface area (Å²) in [4.78, 5) is 12.4. The van der Waals surface area contributed by atoms with Crippen molar-refractivity contribution in [2.45, 2.75) is 11.8 Å². The molecule has 0 atom stereocenters. The van der Waals surface area contributed by atoms with Gasteiger partial charge in [0.25, 0.3) is 10.0 Å². The molecule has 8 nitrogen and oxygen atoms in total. The Hall–Kier alpha value is -3.44. The fourth-order valence-electron chi connectivity index (χ4n) is 2.98. The second-order valence-corrected chi connectivity index (χ2v) is 10.9. The van der Waals surface area contributed by atoms with E-state index >= 15 is 0 Å². The summed E-state index contributed by atoms with van der Waals surface area (Å²) in [6, 6.07) is 17.0. The van der Waals surface area contributed by atoms with Crippen molar-refractivity contribution in [3.8, 4) is 0 Å². The number of halogens is 1. The van der Waals surface area contributed by atoms with E-state index < -0.39 is 38.3 Å². The van der Waals surface area contributed by atoms with Gasteiger partial charge in [-0.2, -0.15) is 0 Å². The number of amides is 1. The quantitative estimate of drug-likeness (QED) is 0.502. The molecule has 3 aromatic carbocycles. The van der Waals surface area contributed by atoms with Crippen LogP contribution < -0.4 is 14.3 Å². The van der Waals surface area contributed by atoms with E-state index in [0.29, 0.717) is 5.69 Å². The van der Waals surface area contributed by atoms with E-state index in [-0.39, 0.29) is 16.3 Å². The highest BCUT2D eigenvalue weighted by Gasteiger charge is 2.21. The number of anilines is 3. The highest BCUT2D eigenvalue weighted by atomic mass is 32.2. The summed E-state index contributed by atoms with van der Waals surface area (Å²) in [6.45, 7) is 1.30. The van der Waals surface area contributed by atoms with Crippen molar-refractivity contribution in [1.29, 1.82) is 0 Å². The lowest BCUT2D eigenvalue weighted by Crippen LogP contribution is -2.37. The van der Waals surface area contributed by atoms with Gasteiger partial charge in [-0.3, -0.25) is 13.8 Å². The molecule has 0 radical (unpaired) electrons. The Morgan fingerprint density at radius 1 is 0.909 bits per heavy atom. The molecule has 0 fully saturated rings. The van der Waals surface area contributed by atoms with Crippen molar-refractivity contribution in [2.75, 3.05) is 27.1 Å². The Kier molecular flexibility index (Phi) is 7.04. The van der Waals surface area contributed by atoms with Gasteiger partial charge >= 0.3 is 0 Å². The summed E-state index contributed by atoms with van der Waals surface area (Å²) in [6.07, 6.45) is 0.935. The van der Waals surface area contributed by atoms with E-state index in [0.717, 1.165) is 28.3 Å². The van der Waals surface area contributed by atoms with Crippen molar-refractivity contribution in [3.63, 3.8) is 0 Å². The smallest absolute Gasteiger partial charge is 0.261 e. The first-order valence-corrected chi connectivity index (χ1v) is 13.0. The van der Waals surface area contributed by atoms with Gasteiger partial charge in [0, 0.05) is 11.4 Å². The lowest BCUT2D eigenvalue weighted by Gasteiger charge is -2.21. The highest BCUT2D eigenvalue weighted by Crippen LogP contribution is 2.20. The van der Waals surface area contributed by atoms with E-state index in [2.05, 4.69) is 10.0 Å². The molecule has 11 heteroatoms. The molecule has 0 aromatic heterocycles. The van der Waals surface area contributed by atoms with Gasteiger partial charge in [0.1, 0.15) is 12.4 Å². The fraction of sp³-hybridized carbons (Fsp3) is 0.136. The zero-order valence-corrected chi connectivity index (χ0v) is 19.5. The molecule has 2 N–H and O–H groups in total. The van der Waals surface area contributed by atoms with Crippen LogP contribution in [0.2, 0.25) is 0 Å². The number of nitrogens with one attached hydrogen (secondary N) is 2. The molecule has 0 heterocycles. The van der Waals surface area contributed by atoms with Crippen LogP contribution in [0.25, 0.3) is 0 Å². The number of benzene rings is 3. The molecule has 0 saturated heterocycles. The summed E-state index contributed by atoms with van der Waals surface area (Å²) in [5.41, 5.74) is 1.74. The largest absolute Gasteiger partial charge is 0.325 e. The molecule has 3 aromatic rings. The maximum Gasteiger partial charge on any atom is 0.261 e. The van der Waals surface area contributed by atoms with Crippen molar-refractivity contribution in [3.05, 3.63) is 84.2 Å². The second kappa shape index (κ2) is 9.59. The summed E-state index contributed by atoms with van der Waals surface area (Å²) >= 11 is 0. The number of carbonyl (C=O) groups is 1. The third-order valence-corrected chi connectivity index (χ3v) is 7.06. The topological polar surface area (TPSA) is 113 Å². The summed E-state index contributed by atoms with van der Waals surface area (Å²) in [5, 5.41) is 2.53. The number of rotatable bonds is 8. The van der Waals surface area contributed by atoms with E-state index in [1.807, 2.05) is 13.0 Å². The van der Waals surface area contributed by atoms with Gasteiger partial charge in [-0.1, -0.05) is 12.1 Å². The molecule has 1 amide bonds. The van der Waals surface area contributed by atoms with E-state index in [1.165, 1.54) is 36.4 Å². The highest BCUT2D eigenvalue weighted by molar-refractivity contribution is 7.92. The third kappa shape index (κ3) is 6.53. The number of hydrogen-bond acceptors (Lipinski definition) is 5. The van der Waals surface area contributed by atoms with Crippen molar-refractivity contribution in [1.82, 2.24) is 0 Å². The molecule has 0 spiro atoms. The Bertz CT molecular complexity index is 1360. The molecular formula is C22H22FN3O5S2. The van der Waals surface area contributed by atoms with Crippen LogP contribution in [0.5, 0.6) is 0 Å². The first-order valence-electron chi connectivity index (χ1n) is 9.67. The van der Waals surface area contributed by atoms with Crippen LogP contribution in [0.4, 0.5) is 21.5 Å². The number of nitrogens with zero attached hydrogens (tertiary/aromatic N) is 1. The summed E-state index contributed by atoms with van der Waals surface area (Å²) in [5.74, 6) is -1.19. The Morgan fingerprint density at radius 3 is 2.12 bits per heavy atom. The van der Waals surface area contributed by atoms with Crippen molar-refractivity contribution >= 4 is 43.0 Å². The monoisotopic (exact) mass is 491 g/mol. The van der Waals surface area contributed by atoms with Gasteiger partial charge in [-0.05, 0) is 73.2 Å². The van der Waals surface area contributed by atoms with Gasteiger partial charge in [0.2, 0.25) is 15.9 Å². The van der Waals surface area contributed by atoms with Crippen molar-refractivity contribution in [2.24, 2.45) is 0 Å². The molecular weight excluding hydrogens is 469 g/mol. The summed E-state index contributed by atoms with van der Waals surface area (Å²) < 4.78 is 65.9. The van der Waals surface area contributed by atoms with E-state index in [9.17, 15) is 26.0 Å². The standard InChI is InChI=1S/C22H22FN3O5S2/c1-16-4-3-5-19(14-16)25-33(30,31)21-12-8-18(9-13-21)24-22(27)15-26(32(2,28)29)20-10-6-17(23)7-11-20/h3-14,25H,15H2,1-2H3,(H,24,27). The fourth-order valence-corrected chi connectivity index (χ4v) is 4.88. The molecule has 0 aliphatic rings. The van der Waals surface area contributed by atoms with Crippen LogP contribution in [-0.2, 0) is 24.8 Å². The lowest BCUT2D eigenvalue weighted by atomic mass is 10.2. The molecule has 33 heavy (non-hydrogen) atoms. The average molecular weight is 492 g/mol. The van der Waals surface area contributed by atoms with Gasteiger partial charge in [0.15, 0.2) is 0 Å². The predicted octanol–water partition coefficient (Wildman–Crippen LogP) is 3.34. The predicted molar refractivity (Wildman–Crippen MR) is 126 cm³/mol. The molecule has 174 valence electrons. The molecule has 0 saturated carbocycles. The minimum absolute atomic E-state index is 0.00826. The van der Waals surface area contributed by atoms with Crippen LogP contribution >= 0.6 is 0 Å². The van der Waals surface area contributed by atoms with Gasteiger partial charge in [0.05, 0.1) is 16.8 Å². The van der Waals surface area contributed by atoms with Crippen LogP contribution in [0, 0.1) is 12.7 Å². The average Bonchev–Trinajstić information content (AvgIpc) is 2.72. The minimum Gasteiger partial charge on any atom is -0.325 e. The molecule has 0 aliphatic carbocycles. The van der Waals surface area contributed by atoms with Crippen molar-refractivity contribution < 1.29 is 26.0 Å². The lowest BCUT2D eigenvalue weighted by molar-refractivity contribution is -0.114. The van der Waals surface area contributed by atoms with Gasteiger partial charge in [-0.15, -0.1) is 0 Å². The SMILES string of the molecule is Cc1cccc(NS(=O)(=O)c2ccc(NC(=O)CN(c3ccc(F)cc3)S(C)(=O)=O)cc2)c1. The van der Waals surface area contributed by atoms with Crippen LogP contribution in [-0.4, -0.2) is 35.5 Å². The Morgan fingerprint density at radius 2 is 1.55 bits per heavy atom. The number of sulfonamides is 2. The molecule has 0 aliphatic heterocycles. The maximum atomic E-state index is 13.2. The number of aryl methyl sites for hydroxylation is 1. The first-order chi connectivity index (χ1) is 15.4. The van der Waals surface area contributed by atoms with Gasteiger partial charge in [-0.25, -0.2) is 21.2 Å². The zero-order valence-electron chi connectivity index (χ0n) is 17.8. The van der Waals surface area contributed by atoms with Crippen LogP contribution in [0.3, 0.4) is 0 Å². The second-order valence-electron chi connectivity index (χ2n) is 7.29. The Balaban J connectivity index is 1.70. The summed E-state index contributed by atoms with van der Waals surface area (Å²) in [7, 11) is -7.65. The molecule has 3 rings (SSSR count). The first kappa shape index (κ1) is 24.2. The molecule has 0 bridgehead atoms. The number of hydrogen-bond donors (Lipinski definition) is 2. The van der Waals surface area contributed by atoms with Crippen LogP contribution in [0.1, 0.15) is 5.56 Å².